The van der Waals surface area contributed by atoms with E-state index in [-0.39, 0.29) is 28.3 Å². The van der Waals surface area contributed by atoms with Crippen molar-refractivity contribution in [3.8, 4) is 0 Å². The summed E-state index contributed by atoms with van der Waals surface area (Å²) in [5.41, 5.74) is 14.3. The topological polar surface area (TPSA) is 144 Å². The first-order valence-electron chi connectivity index (χ1n) is 12.9. The predicted octanol–water partition coefficient (Wildman–Crippen LogP) is 3.14. The third-order valence-corrected chi connectivity index (χ3v) is 7.62. The minimum Gasteiger partial charge on any atom is -0.395 e. The van der Waals surface area contributed by atoms with Gasteiger partial charge in [0.25, 0.3) is 11.8 Å². The van der Waals surface area contributed by atoms with E-state index < -0.39 is 17.9 Å². The van der Waals surface area contributed by atoms with Crippen LogP contribution in [0.1, 0.15) is 57.1 Å². The number of carbonyl (C=O) groups is 3. The molecule has 1 saturated heterocycles. The summed E-state index contributed by atoms with van der Waals surface area (Å²) in [7, 11) is 3.86. The number of hydrogen-bond donors (Lipinski definition) is 3. The average molecular weight is 551 g/mol. The number of nitrogens with one attached hydrogen (secondary N) is 1. The second-order valence-corrected chi connectivity index (χ2v) is 10.3. The first-order valence-corrected chi connectivity index (χ1v) is 13.6. The van der Waals surface area contributed by atoms with Crippen molar-refractivity contribution in [3.63, 3.8) is 0 Å². The van der Waals surface area contributed by atoms with Crippen molar-refractivity contribution in [2.24, 2.45) is 5.73 Å². The van der Waals surface area contributed by atoms with Crippen LogP contribution in [0.15, 0.2) is 48.5 Å². The summed E-state index contributed by atoms with van der Waals surface area (Å²) in [4.78, 5) is 43.5. The van der Waals surface area contributed by atoms with Gasteiger partial charge in [0.2, 0.25) is 5.91 Å². The van der Waals surface area contributed by atoms with E-state index in [2.05, 4.69) is 9.69 Å². The minimum absolute atomic E-state index is 0.0385. The largest absolute Gasteiger partial charge is 0.395 e. The predicted molar refractivity (Wildman–Crippen MR) is 153 cm³/mol. The molecule has 3 amide bonds. The molecule has 0 unspecified atom stereocenters. The molecule has 0 spiro atoms. The molecule has 10 nitrogen and oxygen atoms in total. The Morgan fingerprint density at radius 3 is 2.46 bits per heavy atom. The van der Waals surface area contributed by atoms with E-state index in [1.807, 2.05) is 68.4 Å². The third kappa shape index (κ3) is 6.04. The van der Waals surface area contributed by atoms with Gasteiger partial charge in [-0.2, -0.15) is 4.37 Å². The van der Waals surface area contributed by atoms with Crippen molar-refractivity contribution in [2.75, 3.05) is 42.8 Å². The summed E-state index contributed by atoms with van der Waals surface area (Å²) in [6.07, 6.45) is 2.34. The highest BCUT2D eigenvalue weighted by atomic mass is 32.1. The number of nitrogens with zero attached hydrogens (tertiary/aromatic N) is 3. The van der Waals surface area contributed by atoms with Gasteiger partial charge in [-0.05, 0) is 60.1 Å². The quantitative estimate of drug-likeness (QED) is 0.352. The number of nitrogens with two attached hydrogens (primary N) is 2. The summed E-state index contributed by atoms with van der Waals surface area (Å²) >= 11 is 0.788. The Morgan fingerprint density at radius 2 is 1.87 bits per heavy atom. The minimum atomic E-state index is -1.04. The molecular weight excluding hydrogens is 516 g/mol. The smallest absolute Gasteiger partial charge is 0.273 e. The molecule has 0 aliphatic carbocycles. The Hall–Kier alpha value is -3.96. The van der Waals surface area contributed by atoms with Crippen molar-refractivity contribution in [1.82, 2.24) is 9.69 Å². The molecule has 0 bridgehead atoms. The van der Waals surface area contributed by atoms with Crippen LogP contribution in [0.3, 0.4) is 0 Å². The van der Waals surface area contributed by atoms with Crippen LogP contribution in [0.25, 0.3) is 0 Å². The molecule has 1 fully saturated rings. The van der Waals surface area contributed by atoms with Gasteiger partial charge in [-0.15, -0.1) is 0 Å². The summed E-state index contributed by atoms with van der Waals surface area (Å²) < 4.78 is 9.73. The lowest BCUT2D eigenvalue weighted by Gasteiger charge is -2.33. The number of nitrogen functional groups attached to an aromatic ring is 1. The zero-order valence-electron chi connectivity index (χ0n) is 22.3. The Labute approximate surface area is 232 Å². The van der Waals surface area contributed by atoms with E-state index in [1.54, 1.807) is 6.07 Å². The number of aryl methyl sites for hydroxylation is 1. The molecule has 2 heterocycles. The molecule has 2 aromatic carbocycles. The number of amides is 3. The Kier molecular flexibility index (Phi) is 8.82. The maximum Gasteiger partial charge on any atom is 0.273 e. The van der Waals surface area contributed by atoms with Gasteiger partial charge in [0.1, 0.15) is 10.9 Å². The highest BCUT2D eigenvalue weighted by Gasteiger charge is 2.37. The van der Waals surface area contributed by atoms with Gasteiger partial charge >= 0.3 is 0 Å². The van der Waals surface area contributed by atoms with E-state index in [4.69, 9.17) is 16.2 Å². The number of primary amides is 1. The summed E-state index contributed by atoms with van der Waals surface area (Å²) in [5.74, 6) is -1.73. The van der Waals surface area contributed by atoms with E-state index in [1.165, 1.54) is 4.90 Å². The Bertz CT molecular complexity index is 1330. The first-order chi connectivity index (χ1) is 18.7. The lowest BCUT2D eigenvalue weighted by Crippen LogP contribution is -2.46. The van der Waals surface area contributed by atoms with E-state index >= 15 is 0 Å². The van der Waals surface area contributed by atoms with Gasteiger partial charge in [0.05, 0.1) is 11.8 Å². The van der Waals surface area contributed by atoms with Gasteiger partial charge in [-0.25, -0.2) is 0 Å². The molecule has 2 atom stereocenters. The van der Waals surface area contributed by atoms with Crippen molar-refractivity contribution >= 4 is 46.3 Å². The molecule has 0 saturated carbocycles. The van der Waals surface area contributed by atoms with Gasteiger partial charge in [-0.3, -0.25) is 19.3 Å². The number of carbonyl (C=O) groups excluding carboxylic acids is 3. The van der Waals surface area contributed by atoms with Crippen LogP contribution in [-0.4, -0.2) is 55.4 Å². The fourth-order valence-electron chi connectivity index (χ4n) is 4.64. The summed E-state index contributed by atoms with van der Waals surface area (Å²) in [6, 6.07) is 13.9. The normalized spacial score (nSPS) is 15.5. The van der Waals surface area contributed by atoms with E-state index in [9.17, 15) is 14.4 Å². The number of anilines is 3. The molecule has 4 rings (SSSR count). The van der Waals surface area contributed by atoms with Crippen molar-refractivity contribution in [2.45, 2.75) is 38.3 Å². The second-order valence-electron chi connectivity index (χ2n) is 9.56. The lowest BCUT2D eigenvalue weighted by molar-refractivity contribution is -0.123. The fraction of sp³-hybridized carbons (Fsp3) is 0.357. The molecule has 0 radical (unpaired) electrons. The number of benzene rings is 2. The average Bonchev–Trinajstić information content (AvgIpc) is 3.60. The van der Waals surface area contributed by atoms with Crippen LogP contribution in [0.2, 0.25) is 0 Å². The monoisotopic (exact) mass is 550 g/mol. The van der Waals surface area contributed by atoms with Crippen LogP contribution in [-0.2, 0) is 16.0 Å². The Morgan fingerprint density at radius 1 is 1.15 bits per heavy atom. The molecule has 1 aromatic heterocycles. The maximum absolute atomic E-state index is 14.3. The molecule has 206 valence electrons. The number of ether oxygens (including phenoxy) is 1. The highest BCUT2D eigenvalue weighted by Crippen LogP contribution is 2.35. The molecule has 1 aliphatic rings. The SMILES string of the molecule is CCc1ccccc1N(C(=O)c1snc(C(N)=O)c1N)[C@H](C(=O)NC[C@H]1CCCO1)c1ccc(N(C)C)cc1. The maximum atomic E-state index is 14.3. The van der Waals surface area contributed by atoms with E-state index in [0.29, 0.717) is 30.8 Å². The number of para-hydroxylation sites is 1. The summed E-state index contributed by atoms with van der Waals surface area (Å²) in [6.45, 7) is 2.97. The second kappa shape index (κ2) is 12.3. The van der Waals surface area contributed by atoms with Crippen molar-refractivity contribution in [1.29, 1.82) is 0 Å². The lowest BCUT2D eigenvalue weighted by atomic mass is 9.99. The molecule has 1 aliphatic heterocycles. The van der Waals surface area contributed by atoms with Gasteiger partial charge < -0.3 is 26.4 Å². The summed E-state index contributed by atoms with van der Waals surface area (Å²) in [5, 5.41) is 3.01. The van der Waals surface area contributed by atoms with Crippen LogP contribution in [0, 0.1) is 0 Å². The molecule has 3 aromatic rings. The highest BCUT2D eigenvalue weighted by molar-refractivity contribution is 7.09. The van der Waals surface area contributed by atoms with Gasteiger partial charge in [-0.1, -0.05) is 37.3 Å². The zero-order chi connectivity index (χ0) is 28.1. The Balaban J connectivity index is 1.85. The van der Waals surface area contributed by atoms with Gasteiger partial charge in [0, 0.05) is 38.6 Å². The van der Waals surface area contributed by atoms with Gasteiger partial charge in [0.15, 0.2) is 5.69 Å². The number of rotatable bonds is 10. The molecule has 5 N–H and O–H groups in total. The first kappa shape index (κ1) is 28.1. The molecule has 39 heavy (non-hydrogen) atoms. The fourth-order valence-corrected chi connectivity index (χ4v) is 5.38. The standard InChI is InChI=1S/C28H34N6O4S/c1-4-17-8-5-6-10-21(17)34(28(37)25-22(29)23(26(30)35)32-39-25)24(18-11-13-19(14-12-18)33(2)3)27(36)31-16-20-9-7-15-38-20/h5-6,8,10-14,20,24H,4,7,9,15-16,29H2,1-3H3,(H2,30,35)(H,31,36)/t20-,24+/m1/s1. The van der Waals surface area contributed by atoms with E-state index in [0.717, 1.165) is 35.6 Å². The van der Waals surface area contributed by atoms with Crippen LogP contribution in [0.4, 0.5) is 17.1 Å². The molecule has 11 heteroatoms. The van der Waals surface area contributed by atoms with Crippen LogP contribution < -0.4 is 26.6 Å². The van der Waals surface area contributed by atoms with Crippen LogP contribution in [0.5, 0.6) is 0 Å². The van der Waals surface area contributed by atoms with Crippen LogP contribution >= 0.6 is 11.5 Å². The number of aromatic nitrogens is 1. The third-order valence-electron chi connectivity index (χ3n) is 6.77. The van der Waals surface area contributed by atoms with Crippen molar-refractivity contribution < 1.29 is 19.1 Å². The number of hydrogen-bond acceptors (Lipinski definition) is 8. The van der Waals surface area contributed by atoms with Crippen molar-refractivity contribution in [3.05, 3.63) is 70.2 Å². The zero-order valence-corrected chi connectivity index (χ0v) is 23.2. The molecular formula is C28H34N6O4S.